The molecule has 0 spiro atoms. The molecule has 8 rings (SSSR count). The summed E-state index contributed by atoms with van der Waals surface area (Å²) >= 11 is 0. The molecule has 2 atom stereocenters. The maximum atomic E-state index is 15.3. The van der Waals surface area contributed by atoms with E-state index in [4.69, 9.17) is 9.47 Å². The predicted molar refractivity (Wildman–Crippen MR) is 173 cm³/mol. The van der Waals surface area contributed by atoms with Crippen LogP contribution in [0.3, 0.4) is 0 Å². The molecular weight excluding hydrogens is 661 g/mol. The van der Waals surface area contributed by atoms with E-state index in [0.29, 0.717) is 30.8 Å². The fourth-order valence-electron chi connectivity index (χ4n) is 7.46. The molecule has 3 aliphatic heterocycles. The van der Waals surface area contributed by atoms with Gasteiger partial charge in [-0.15, -0.1) is 0 Å². The molecule has 9 nitrogen and oxygen atoms in total. The van der Waals surface area contributed by atoms with Crippen LogP contribution in [0.1, 0.15) is 40.0 Å². The van der Waals surface area contributed by atoms with E-state index in [2.05, 4.69) is 15.2 Å². The number of nitrogens with zero attached hydrogens (tertiary/aromatic N) is 4. The number of aryl methyl sites for hydroxylation is 1. The zero-order chi connectivity index (χ0) is 34.9. The molecule has 2 unspecified atom stereocenters. The Morgan fingerprint density at radius 1 is 1.08 bits per heavy atom. The standard InChI is InChI=1S/C36H30F5N5O4/c1-44-18-42-32-27(44)15-24(36(39,40)41)30-23-4-2-10-46-28(14-19(33(23)46)8-11-50-35(30)32)34(48)20-12-25(37)31(26(38)13-20)43-29(47)5-3-9-45-21-6-7-22(45)17-49-16-21/h2-5,10,12-15,18,21-22H,6-9,11,16-17H2,1H3,(H,43,47)/b5-3+. The summed E-state index contributed by atoms with van der Waals surface area (Å²) in [6.45, 7) is 1.76. The van der Waals surface area contributed by atoms with Crippen LogP contribution in [0.15, 0.2) is 61.1 Å². The van der Waals surface area contributed by atoms with Gasteiger partial charge in [-0.25, -0.2) is 13.8 Å². The molecule has 6 heterocycles. The number of alkyl halides is 3. The number of aromatic nitrogens is 3. The Morgan fingerprint density at radius 3 is 2.54 bits per heavy atom. The van der Waals surface area contributed by atoms with Gasteiger partial charge >= 0.3 is 6.18 Å². The third-order valence-electron chi connectivity index (χ3n) is 9.80. The van der Waals surface area contributed by atoms with E-state index in [1.807, 2.05) is 0 Å². The van der Waals surface area contributed by atoms with Gasteiger partial charge in [0.2, 0.25) is 11.7 Å². The number of amides is 1. The second-order valence-electron chi connectivity index (χ2n) is 12.8. The fraction of sp³-hybridized carbons (Fsp3) is 0.306. The van der Waals surface area contributed by atoms with Crippen molar-refractivity contribution in [3.05, 3.63) is 95.1 Å². The number of fused-ring (bicyclic) bond motifs is 6. The fourth-order valence-corrected chi connectivity index (χ4v) is 7.46. The third kappa shape index (κ3) is 5.33. The number of hydrogen-bond donors (Lipinski definition) is 1. The van der Waals surface area contributed by atoms with E-state index >= 15 is 8.78 Å². The summed E-state index contributed by atoms with van der Waals surface area (Å²) in [7, 11) is 1.59. The SMILES string of the molecule is Cn1cnc2c3c(c(C(F)(F)F)cc21)-c1cccn2c(C(=O)c4cc(F)c(NC(=O)/C=C/CN5C6CCC5COC6)c(F)c4)cc(c12)CCO3. The van der Waals surface area contributed by atoms with Crippen LogP contribution in [0.25, 0.3) is 27.7 Å². The Balaban J connectivity index is 1.11. The lowest BCUT2D eigenvalue weighted by Crippen LogP contribution is -2.45. The minimum absolute atomic E-state index is 0.0108. The number of ketones is 1. The lowest BCUT2D eigenvalue weighted by Gasteiger charge is -2.33. The summed E-state index contributed by atoms with van der Waals surface area (Å²) in [5.41, 5.74) is -0.663. The molecule has 3 aliphatic rings. The molecule has 2 fully saturated rings. The highest BCUT2D eigenvalue weighted by Gasteiger charge is 2.39. The molecule has 1 amide bonds. The Morgan fingerprint density at radius 2 is 1.82 bits per heavy atom. The number of morpholine rings is 1. The molecule has 3 aromatic heterocycles. The van der Waals surface area contributed by atoms with Crippen LogP contribution in [0, 0.1) is 11.6 Å². The molecular formula is C36H30F5N5O4. The first kappa shape index (κ1) is 32.1. The van der Waals surface area contributed by atoms with Crippen molar-refractivity contribution in [1.29, 1.82) is 0 Å². The summed E-state index contributed by atoms with van der Waals surface area (Å²) in [6.07, 6.45) is 3.29. The number of pyridine rings is 1. The minimum atomic E-state index is -4.76. The third-order valence-corrected chi connectivity index (χ3v) is 9.80. The second-order valence-corrected chi connectivity index (χ2v) is 12.8. The average molecular weight is 692 g/mol. The summed E-state index contributed by atoms with van der Waals surface area (Å²) < 4.78 is 88.8. The Labute approximate surface area is 281 Å². The van der Waals surface area contributed by atoms with Gasteiger partial charge in [-0.1, -0.05) is 12.1 Å². The van der Waals surface area contributed by atoms with E-state index in [9.17, 15) is 22.8 Å². The number of imidazole rings is 1. The number of nitrogens with one attached hydrogen (secondary N) is 1. The van der Waals surface area contributed by atoms with Crippen LogP contribution in [0.4, 0.5) is 27.6 Å². The molecule has 1 N–H and O–H groups in total. The van der Waals surface area contributed by atoms with E-state index in [1.165, 1.54) is 45.8 Å². The summed E-state index contributed by atoms with van der Waals surface area (Å²) in [4.78, 5) is 33.0. The van der Waals surface area contributed by atoms with E-state index in [0.717, 1.165) is 31.0 Å². The highest BCUT2D eigenvalue weighted by Crippen LogP contribution is 2.48. The second kappa shape index (κ2) is 12.1. The zero-order valence-electron chi connectivity index (χ0n) is 26.7. The maximum Gasteiger partial charge on any atom is 0.417 e. The van der Waals surface area contributed by atoms with Gasteiger partial charge in [0.25, 0.3) is 0 Å². The van der Waals surface area contributed by atoms with Gasteiger partial charge < -0.3 is 23.8 Å². The topological polar surface area (TPSA) is 90.1 Å². The largest absolute Gasteiger partial charge is 0.490 e. The zero-order valence-corrected chi connectivity index (χ0v) is 26.7. The van der Waals surface area contributed by atoms with Crippen molar-refractivity contribution >= 4 is 33.9 Å². The van der Waals surface area contributed by atoms with Gasteiger partial charge in [0.05, 0.1) is 48.4 Å². The average Bonchev–Trinajstić information content (AvgIpc) is 3.70. The van der Waals surface area contributed by atoms with Crippen LogP contribution in [0.5, 0.6) is 5.75 Å². The van der Waals surface area contributed by atoms with Crippen LogP contribution in [-0.4, -0.2) is 69.0 Å². The summed E-state index contributed by atoms with van der Waals surface area (Å²) in [5.74, 6) is -3.83. The molecule has 0 saturated carbocycles. The van der Waals surface area contributed by atoms with Gasteiger partial charge in [0.15, 0.2) is 5.75 Å². The number of carbonyl (C=O) groups excluding carboxylic acids is 2. The number of benzene rings is 2. The molecule has 14 heteroatoms. The van der Waals surface area contributed by atoms with Crippen molar-refractivity contribution in [2.45, 2.75) is 37.5 Å². The first-order valence-electron chi connectivity index (χ1n) is 16.2. The van der Waals surface area contributed by atoms with Gasteiger partial charge in [-0.2, -0.15) is 13.2 Å². The van der Waals surface area contributed by atoms with Gasteiger partial charge in [0.1, 0.15) is 22.8 Å². The lowest BCUT2D eigenvalue weighted by molar-refractivity contribution is -0.137. The number of ether oxygens (including phenoxy) is 2. The van der Waals surface area contributed by atoms with E-state index in [1.54, 1.807) is 13.1 Å². The number of rotatable bonds is 6. The van der Waals surface area contributed by atoms with Crippen LogP contribution in [0.2, 0.25) is 0 Å². The number of halogens is 5. The molecule has 5 aromatic rings. The highest BCUT2D eigenvalue weighted by molar-refractivity contribution is 6.10. The van der Waals surface area contributed by atoms with Crippen LogP contribution in [-0.2, 0) is 29.2 Å². The van der Waals surface area contributed by atoms with Crippen molar-refractivity contribution in [1.82, 2.24) is 18.9 Å². The number of carbonyl (C=O) groups is 2. The molecule has 50 heavy (non-hydrogen) atoms. The first-order chi connectivity index (χ1) is 24.0. The van der Waals surface area contributed by atoms with E-state index in [-0.39, 0.29) is 64.3 Å². The first-order valence-corrected chi connectivity index (χ1v) is 16.2. The molecule has 258 valence electrons. The minimum Gasteiger partial charge on any atom is -0.490 e. The maximum absolute atomic E-state index is 15.3. The van der Waals surface area contributed by atoms with Gasteiger partial charge in [-0.05, 0) is 48.7 Å². The Hall–Kier alpha value is -5.08. The van der Waals surface area contributed by atoms with Crippen molar-refractivity contribution in [2.24, 2.45) is 7.05 Å². The number of anilines is 1. The monoisotopic (exact) mass is 691 g/mol. The molecule has 2 aromatic carbocycles. The number of hydrogen-bond acceptors (Lipinski definition) is 6. The normalized spacial score (nSPS) is 19.1. The Bertz CT molecular complexity index is 2200. The smallest absolute Gasteiger partial charge is 0.417 e. The van der Waals surface area contributed by atoms with Crippen molar-refractivity contribution in [3.63, 3.8) is 0 Å². The van der Waals surface area contributed by atoms with Crippen molar-refractivity contribution in [2.75, 3.05) is 31.7 Å². The summed E-state index contributed by atoms with van der Waals surface area (Å²) in [6, 6.07) is 7.76. The lowest BCUT2D eigenvalue weighted by atomic mass is 9.94. The van der Waals surface area contributed by atoms with Crippen LogP contribution >= 0.6 is 0 Å². The van der Waals surface area contributed by atoms with Crippen LogP contribution < -0.4 is 10.1 Å². The summed E-state index contributed by atoms with van der Waals surface area (Å²) in [5, 5.41) is 2.23. The Kier molecular flexibility index (Phi) is 7.75. The molecule has 2 bridgehead atoms. The molecule has 0 aliphatic carbocycles. The molecule has 0 radical (unpaired) electrons. The van der Waals surface area contributed by atoms with E-state index < -0.39 is 40.8 Å². The van der Waals surface area contributed by atoms with Gasteiger partial charge in [0, 0.05) is 61.1 Å². The highest BCUT2D eigenvalue weighted by atomic mass is 19.4. The predicted octanol–water partition coefficient (Wildman–Crippen LogP) is 6.31. The molecule has 2 saturated heterocycles. The van der Waals surface area contributed by atoms with Gasteiger partial charge in [-0.3, -0.25) is 14.5 Å². The van der Waals surface area contributed by atoms with Crippen molar-refractivity contribution < 1.29 is 41.0 Å². The van der Waals surface area contributed by atoms with Crippen molar-refractivity contribution in [3.8, 4) is 16.9 Å². The quantitative estimate of drug-likeness (QED) is 0.128.